The smallest absolute Gasteiger partial charge is 0.460 e. The quantitative estimate of drug-likeness (QED) is 0.0338. The molecule has 6 nitrogen and oxygen atoms in total. The minimum Gasteiger partial charge on any atom is -0.464 e. The molecule has 0 amide bonds. The summed E-state index contributed by atoms with van der Waals surface area (Å²) >= 11 is 7.08. The second-order valence-electron chi connectivity index (χ2n) is 25.3. The molecule has 584 valence electrons. The van der Waals surface area contributed by atoms with E-state index in [9.17, 15) is 159 Å². The van der Waals surface area contributed by atoms with Crippen LogP contribution in [-0.4, -0.2) is 144 Å². The fourth-order valence-electron chi connectivity index (χ4n) is 12.0. The van der Waals surface area contributed by atoms with Gasteiger partial charge in [-0.25, -0.2) is 0 Å². The van der Waals surface area contributed by atoms with Crippen LogP contribution in [0, 0.1) is 0 Å². The molecule has 0 aromatic heterocycles. The van der Waals surface area contributed by atoms with Gasteiger partial charge >= 0.3 is 107 Å². The average molecular weight is 1590 g/mol. The molecule has 0 saturated carbocycles. The molecular formula is C64H50ClF34N2O4+. The van der Waals surface area contributed by atoms with Crippen molar-refractivity contribution in [1.82, 2.24) is 0 Å². The van der Waals surface area contributed by atoms with Gasteiger partial charge in [0, 0.05) is 52.4 Å². The molecule has 2 heterocycles. The second kappa shape index (κ2) is 27.1. The summed E-state index contributed by atoms with van der Waals surface area (Å²) < 4.78 is 484. The largest absolute Gasteiger partial charge is 0.464 e. The lowest BCUT2D eigenvalue weighted by molar-refractivity contribution is -0.461. The van der Waals surface area contributed by atoms with E-state index in [2.05, 4.69) is 0 Å². The van der Waals surface area contributed by atoms with E-state index >= 15 is 0 Å². The highest BCUT2D eigenvalue weighted by atomic mass is 35.5. The van der Waals surface area contributed by atoms with E-state index in [4.69, 9.17) is 21.1 Å². The molecule has 0 saturated heterocycles. The predicted octanol–water partition coefficient (Wildman–Crippen LogP) is 21.9. The zero-order valence-corrected chi connectivity index (χ0v) is 54.0. The fraction of sp³-hybridized carbons (Fsp3) is 0.516. The van der Waals surface area contributed by atoms with Crippen LogP contribution in [0.1, 0.15) is 83.8 Å². The number of halogens is 35. The van der Waals surface area contributed by atoms with Crippen LogP contribution in [0.4, 0.5) is 161 Å². The first kappa shape index (κ1) is 84.9. The van der Waals surface area contributed by atoms with Crippen molar-refractivity contribution < 1.29 is 173 Å². The Kier molecular flexibility index (Phi) is 21.9. The molecule has 3 aliphatic rings. The van der Waals surface area contributed by atoms with E-state index in [1.807, 2.05) is 0 Å². The summed E-state index contributed by atoms with van der Waals surface area (Å²) in [7, 11) is 0. The van der Waals surface area contributed by atoms with Crippen molar-refractivity contribution >= 4 is 62.2 Å². The first-order valence-corrected chi connectivity index (χ1v) is 30.3. The van der Waals surface area contributed by atoms with Gasteiger partial charge < -0.3 is 14.4 Å². The fourth-order valence-corrected chi connectivity index (χ4v) is 12.3. The van der Waals surface area contributed by atoms with Crippen molar-refractivity contribution in [1.29, 1.82) is 0 Å². The molecule has 0 fully saturated rings. The average Bonchev–Trinajstić information content (AvgIpc) is 1.66. The minimum atomic E-state index is -8.86. The summed E-state index contributed by atoms with van der Waals surface area (Å²) in [5.41, 5.74) is 1.16. The normalized spacial score (nSPS) is 18.4. The maximum absolute atomic E-state index is 14.8. The standard InChI is InChI=1S/C64H50ClF34N2O4/c1-47(2)40(100(38-20-16-32-10-5-7-14-36(32)44(38)47)28-30-104-42(102)24-26-49(66,67)51(70,71)53(74,75)55(78,79)57(82,83)59(86,87)61(90,91)63(94,95)96)22-18-34-12-9-13-35(46(34)65)19-23-41-48(3,4)45-37-15-8-6-11-33(37)17-21-39(45)101(41)29-31-105-43(103)25-27-50(68,69)52(72,73)54(76,77)56(80,81)58(84,85)60(88,89)62(92,93)64(97,98)99/h5-8,10-11,14-23H,9,12-13,24-31H2,1-4H3/q+1. The summed E-state index contributed by atoms with van der Waals surface area (Å²) in [5, 5.41) is 2.65. The van der Waals surface area contributed by atoms with Gasteiger partial charge in [-0.1, -0.05) is 92.2 Å². The molecule has 1 aliphatic carbocycles. The first-order valence-electron chi connectivity index (χ1n) is 30.0. The van der Waals surface area contributed by atoms with Crippen molar-refractivity contribution in [2.24, 2.45) is 0 Å². The van der Waals surface area contributed by atoms with Crippen molar-refractivity contribution in [2.75, 3.05) is 31.2 Å². The molecule has 0 spiro atoms. The van der Waals surface area contributed by atoms with E-state index < -0.39 is 170 Å². The number of rotatable bonds is 27. The number of allylic oxidation sites excluding steroid dienone is 8. The van der Waals surface area contributed by atoms with Crippen LogP contribution in [0.5, 0.6) is 0 Å². The maximum atomic E-state index is 14.8. The summed E-state index contributed by atoms with van der Waals surface area (Å²) in [6.07, 6.45) is -19.5. The highest BCUT2D eigenvalue weighted by Gasteiger charge is 2.97. The van der Waals surface area contributed by atoms with Gasteiger partial charge in [-0.2, -0.15) is 154 Å². The maximum Gasteiger partial charge on any atom is 0.460 e. The highest BCUT2D eigenvalue weighted by molar-refractivity contribution is 6.32. The number of hydrogen-bond donors (Lipinski definition) is 0. The zero-order valence-electron chi connectivity index (χ0n) is 53.3. The van der Waals surface area contributed by atoms with Crippen LogP contribution in [0.2, 0.25) is 0 Å². The summed E-state index contributed by atoms with van der Waals surface area (Å²) in [6.45, 7) is 3.85. The Morgan fingerprint density at radius 3 is 1.29 bits per heavy atom. The predicted molar refractivity (Wildman–Crippen MR) is 305 cm³/mol. The number of fused-ring (bicyclic) bond motifs is 6. The molecule has 2 aliphatic heterocycles. The molecule has 0 atom stereocenters. The monoisotopic (exact) mass is 1590 g/mol. The Morgan fingerprint density at radius 1 is 0.457 bits per heavy atom. The number of carbonyl (C=O) groups excluding carboxylic acids is 2. The molecule has 0 bridgehead atoms. The van der Waals surface area contributed by atoms with E-state index in [0.717, 1.165) is 0 Å². The second-order valence-corrected chi connectivity index (χ2v) is 25.7. The zero-order chi connectivity index (χ0) is 80.3. The number of benzene rings is 4. The molecule has 105 heavy (non-hydrogen) atoms. The third-order valence-corrected chi connectivity index (χ3v) is 18.4. The number of esters is 2. The topological polar surface area (TPSA) is 58.9 Å². The molecule has 0 unspecified atom stereocenters. The SMILES string of the molecule is CC1(C)C(=CC=C2CCCC(C=CC3=[N+](CCOC(=O)CCC(F)(F)C(F)(F)C(F)(F)C(F)(F)C(F)(F)C(F)(F)C(F)(F)C(F)(F)F)c4ccc5ccccc5c4C3(C)C)=C2Cl)N(CCOC(=O)CCC(F)(F)C(F)(F)C(F)(F)C(F)(F)C(F)(F)C(F)(F)C(F)(F)C(F)(F)F)c2ccc3ccccc3c21. The van der Waals surface area contributed by atoms with Gasteiger partial charge in [-0.3, -0.25) is 9.59 Å². The van der Waals surface area contributed by atoms with Crippen LogP contribution >= 0.6 is 11.6 Å². The summed E-state index contributed by atoms with van der Waals surface area (Å²) in [6, 6.07) is 19.8. The van der Waals surface area contributed by atoms with Crippen LogP contribution < -0.4 is 4.90 Å². The minimum absolute atomic E-state index is 0.102. The van der Waals surface area contributed by atoms with Gasteiger partial charge in [0.2, 0.25) is 5.69 Å². The van der Waals surface area contributed by atoms with E-state index in [-0.39, 0.29) is 17.9 Å². The highest BCUT2D eigenvalue weighted by Crippen LogP contribution is 2.67. The Balaban J connectivity index is 1.13. The number of hydrogen-bond acceptors (Lipinski definition) is 5. The van der Waals surface area contributed by atoms with E-state index in [1.165, 1.54) is 21.6 Å². The Hall–Kier alpha value is -7.32. The molecule has 4 aromatic rings. The Morgan fingerprint density at radius 2 is 0.848 bits per heavy atom. The number of ether oxygens (including phenoxy) is 2. The Bertz CT molecular complexity index is 4160. The summed E-state index contributed by atoms with van der Waals surface area (Å²) in [5.74, 6) is -121. The van der Waals surface area contributed by atoms with Crippen molar-refractivity contribution in [2.45, 2.75) is 179 Å². The van der Waals surface area contributed by atoms with Crippen LogP contribution in [-0.2, 0) is 29.9 Å². The van der Waals surface area contributed by atoms with Crippen LogP contribution in [0.25, 0.3) is 21.5 Å². The number of alkyl halides is 34. The van der Waals surface area contributed by atoms with Gasteiger partial charge in [-0.15, -0.1) is 0 Å². The van der Waals surface area contributed by atoms with Gasteiger partial charge in [0.25, 0.3) is 0 Å². The lowest BCUT2D eigenvalue weighted by atomic mass is 9.78. The van der Waals surface area contributed by atoms with Crippen molar-refractivity contribution in [3.05, 3.63) is 130 Å². The van der Waals surface area contributed by atoms with E-state index in [0.29, 0.717) is 73.0 Å². The van der Waals surface area contributed by atoms with Crippen LogP contribution in [0.3, 0.4) is 0 Å². The lowest BCUT2D eigenvalue weighted by Gasteiger charge is -2.42. The van der Waals surface area contributed by atoms with Crippen molar-refractivity contribution in [3.8, 4) is 0 Å². The molecular weight excluding hydrogens is 1540 g/mol. The third kappa shape index (κ3) is 13.4. The van der Waals surface area contributed by atoms with Gasteiger partial charge in [0.1, 0.15) is 6.61 Å². The summed E-state index contributed by atoms with van der Waals surface area (Å²) in [4.78, 5) is 27.0. The number of carbonyl (C=O) groups is 2. The Labute approximate surface area is 573 Å². The van der Waals surface area contributed by atoms with Gasteiger partial charge in [0.05, 0.1) is 24.8 Å². The van der Waals surface area contributed by atoms with Crippen LogP contribution in [0.15, 0.2) is 119 Å². The van der Waals surface area contributed by atoms with Crippen molar-refractivity contribution in [3.63, 3.8) is 0 Å². The molecule has 4 aromatic carbocycles. The first-order chi connectivity index (χ1) is 47.3. The molecule has 0 radical (unpaired) electrons. The van der Waals surface area contributed by atoms with Gasteiger partial charge in [0.15, 0.2) is 18.9 Å². The molecule has 7 rings (SSSR count). The number of anilines is 1. The van der Waals surface area contributed by atoms with E-state index in [1.54, 1.807) is 113 Å². The number of nitrogens with zero attached hydrogens (tertiary/aromatic N) is 2. The molecule has 0 N–H and O–H groups in total. The van der Waals surface area contributed by atoms with Gasteiger partial charge in [-0.05, 0) is 89.6 Å². The third-order valence-electron chi connectivity index (χ3n) is 17.9. The lowest BCUT2D eigenvalue weighted by Crippen LogP contribution is -2.74. The molecule has 41 heteroatoms.